The monoisotopic (exact) mass is 370 g/mol. The van der Waals surface area contributed by atoms with E-state index in [2.05, 4.69) is 52.0 Å². The first-order valence-electron chi connectivity index (χ1n) is 9.87. The van der Waals surface area contributed by atoms with Gasteiger partial charge in [0.05, 0.1) is 5.56 Å². The molecule has 0 fully saturated rings. The second-order valence-corrected chi connectivity index (χ2v) is 7.28. The second kappa shape index (κ2) is 12.2. The first-order chi connectivity index (χ1) is 12.8. The van der Waals surface area contributed by atoms with Crippen molar-refractivity contribution in [3.05, 3.63) is 64.3 Å². The van der Waals surface area contributed by atoms with E-state index in [4.69, 9.17) is 0 Å². The molecular weight excluding hydrogens is 336 g/mol. The van der Waals surface area contributed by atoms with Gasteiger partial charge in [0.2, 0.25) is 0 Å². The molecule has 27 heavy (non-hydrogen) atoms. The standard InChI is InChI=1S/C24H34O3/c1-5-6-7-8-14-20-16-22(24(26)27)17-21(23(20)25)15-10-13-19(4)12-9-11-18(2)3/h6-7,11,13,16-17,25H,5,8-10,12,14-15H2,1-4H3,(H,26,27). The molecule has 0 spiro atoms. The van der Waals surface area contributed by atoms with Crippen LogP contribution in [0, 0.1) is 0 Å². The molecule has 0 unspecified atom stereocenters. The van der Waals surface area contributed by atoms with Crippen molar-refractivity contribution in [3.8, 4) is 5.75 Å². The van der Waals surface area contributed by atoms with E-state index in [0.717, 1.165) is 43.2 Å². The van der Waals surface area contributed by atoms with Gasteiger partial charge >= 0.3 is 5.97 Å². The van der Waals surface area contributed by atoms with Gasteiger partial charge in [0.1, 0.15) is 5.75 Å². The molecule has 1 rings (SSSR count). The molecule has 148 valence electrons. The van der Waals surface area contributed by atoms with E-state index in [-0.39, 0.29) is 11.3 Å². The predicted octanol–water partition coefficient (Wildman–Crippen LogP) is 6.61. The predicted molar refractivity (Wildman–Crippen MR) is 114 cm³/mol. The van der Waals surface area contributed by atoms with Crippen LogP contribution in [0.5, 0.6) is 5.75 Å². The SMILES string of the molecule is CCC=CCCc1cc(C(=O)O)cc(CCC=C(C)CCC=C(C)C)c1O. The summed E-state index contributed by atoms with van der Waals surface area (Å²) >= 11 is 0. The van der Waals surface area contributed by atoms with Crippen LogP contribution >= 0.6 is 0 Å². The summed E-state index contributed by atoms with van der Waals surface area (Å²) in [4.78, 5) is 11.4. The number of carboxylic acids is 1. The molecule has 0 amide bonds. The topological polar surface area (TPSA) is 57.5 Å². The molecule has 0 aliphatic rings. The lowest BCUT2D eigenvalue weighted by Gasteiger charge is -2.11. The van der Waals surface area contributed by atoms with Crippen molar-refractivity contribution >= 4 is 5.97 Å². The Labute approximate surface area is 164 Å². The van der Waals surface area contributed by atoms with Crippen molar-refractivity contribution in [2.24, 2.45) is 0 Å². The Balaban J connectivity index is 2.83. The molecule has 2 N–H and O–H groups in total. The number of rotatable bonds is 11. The minimum absolute atomic E-state index is 0.250. The van der Waals surface area contributed by atoms with E-state index in [0.29, 0.717) is 12.8 Å². The molecule has 0 aliphatic heterocycles. The van der Waals surface area contributed by atoms with Crippen LogP contribution in [-0.4, -0.2) is 16.2 Å². The van der Waals surface area contributed by atoms with Crippen LogP contribution in [-0.2, 0) is 12.8 Å². The highest BCUT2D eigenvalue weighted by Crippen LogP contribution is 2.28. The van der Waals surface area contributed by atoms with Crippen molar-refractivity contribution in [1.29, 1.82) is 0 Å². The maximum absolute atomic E-state index is 11.4. The molecule has 3 nitrogen and oxygen atoms in total. The van der Waals surface area contributed by atoms with Crippen LogP contribution in [0.1, 0.15) is 81.3 Å². The number of carboxylic acid groups (broad SMARTS) is 1. The lowest BCUT2D eigenvalue weighted by Crippen LogP contribution is -2.01. The Hall–Kier alpha value is -2.29. The molecule has 3 heteroatoms. The minimum Gasteiger partial charge on any atom is -0.507 e. The molecule has 0 radical (unpaired) electrons. The smallest absolute Gasteiger partial charge is 0.335 e. The first-order valence-corrected chi connectivity index (χ1v) is 9.87. The van der Waals surface area contributed by atoms with Crippen molar-refractivity contribution in [3.63, 3.8) is 0 Å². The quantitative estimate of drug-likeness (QED) is 0.431. The molecule has 1 aromatic carbocycles. The van der Waals surface area contributed by atoms with Gasteiger partial charge in [-0.15, -0.1) is 0 Å². The third-order valence-electron chi connectivity index (χ3n) is 4.50. The number of phenols is 1. The zero-order valence-corrected chi connectivity index (χ0v) is 17.2. The molecule has 0 bridgehead atoms. The third-order valence-corrected chi connectivity index (χ3v) is 4.50. The maximum atomic E-state index is 11.4. The van der Waals surface area contributed by atoms with Crippen LogP contribution in [0.2, 0.25) is 0 Å². The summed E-state index contributed by atoms with van der Waals surface area (Å²) in [5.41, 5.74) is 4.35. The Morgan fingerprint density at radius 1 is 0.963 bits per heavy atom. The molecule has 0 heterocycles. The van der Waals surface area contributed by atoms with Gasteiger partial charge in [-0.2, -0.15) is 0 Å². The average molecular weight is 371 g/mol. The fourth-order valence-electron chi connectivity index (χ4n) is 2.95. The molecule has 0 atom stereocenters. The third kappa shape index (κ3) is 8.76. The van der Waals surface area contributed by atoms with Crippen molar-refractivity contribution in [2.75, 3.05) is 0 Å². The summed E-state index contributed by atoms with van der Waals surface area (Å²) in [7, 11) is 0. The van der Waals surface area contributed by atoms with Crippen LogP contribution in [0.25, 0.3) is 0 Å². The number of aryl methyl sites for hydroxylation is 2. The van der Waals surface area contributed by atoms with Gasteiger partial charge in [-0.25, -0.2) is 4.79 Å². The lowest BCUT2D eigenvalue weighted by atomic mass is 9.97. The van der Waals surface area contributed by atoms with E-state index in [1.807, 2.05) is 0 Å². The summed E-state index contributed by atoms with van der Waals surface area (Å²) in [5.74, 6) is -0.699. The lowest BCUT2D eigenvalue weighted by molar-refractivity contribution is 0.0696. The molecule has 0 saturated heterocycles. The summed E-state index contributed by atoms with van der Waals surface area (Å²) in [6, 6.07) is 3.21. The number of allylic oxidation sites excluding steroid dienone is 6. The zero-order chi connectivity index (χ0) is 20.2. The second-order valence-electron chi connectivity index (χ2n) is 7.28. The van der Waals surface area contributed by atoms with E-state index >= 15 is 0 Å². The Morgan fingerprint density at radius 2 is 1.59 bits per heavy atom. The summed E-state index contributed by atoms with van der Waals surface area (Å²) < 4.78 is 0. The molecule has 0 saturated carbocycles. The van der Waals surface area contributed by atoms with Gasteiger partial charge < -0.3 is 10.2 Å². The molecule has 0 aliphatic carbocycles. The van der Waals surface area contributed by atoms with Crippen molar-refractivity contribution in [2.45, 2.75) is 72.6 Å². The van der Waals surface area contributed by atoms with Gasteiger partial charge in [0, 0.05) is 0 Å². The fourth-order valence-corrected chi connectivity index (χ4v) is 2.95. The van der Waals surface area contributed by atoms with Gasteiger partial charge in [-0.1, -0.05) is 42.4 Å². The van der Waals surface area contributed by atoms with E-state index in [9.17, 15) is 15.0 Å². The summed E-state index contributed by atoms with van der Waals surface area (Å²) in [6.07, 6.45) is 14.5. The van der Waals surface area contributed by atoms with E-state index in [1.165, 1.54) is 11.1 Å². The summed E-state index contributed by atoms with van der Waals surface area (Å²) in [5, 5.41) is 20.0. The minimum atomic E-state index is -0.949. The first kappa shape index (κ1) is 22.8. The number of hydrogen-bond donors (Lipinski definition) is 2. The van der Waals surface area contributed by atoms with Crippen LogP contribution in [0.3, 0.4) is 0 Å². The number of benzene rings is 1. The highest BCUT2D eigenvalue weighted by atomic mass is 16.4. The Kier molecular flexibility index (Phi) is 10.2. The number of aromatic carboxylic acids is 1. The van der Waals surface area contributed by atoms with Crippen molar-refractivity contribution in [1.82, 2.24) is 0 Å². The maximum Gasteiger partial charge on any atom is 0.335 e. The van der Waals surface area contributed by atoms with Gasteiger partial charge in [-0.3, -0.25) is 0 Å². The molecular formula is C24H34O3. The number of phenolic OH excluding ortho intramolecular Hbond substituents is 1. The molecule has 1 aromatic rings. The average Bonchev–Trinajstić information content (AvgIpc) is 2.60. The van der Waals surface area contributed by atoms with Crippen LogP contribution < -0.4 is 0 Å². The molecule has 0 aromatic heterocycles. The number of hydrogen-bond acceptors (Lipinski definition) is 2. The van der Waals surface area contributed by atoms with Gasteiger partial charge in [-0.05, 0) is 89.0 Å². The highest BCUT2D eigenvalue weighted by Gasteiger charge is 2.13. The highest BCUT2D eigenvalue weighted by molar-refractivity contribution is 5.88. The Bertz CT molecular complexity index is 705. The van der Waals surface area contributed by atoms with E-state index in [1.54, 1.807) is 12.1 Å². The summed E-state index contributed by atoms with van der Waals surface area (Å²) in [6.45, 7) is 8.41. The number of carbonyl (C=O) groups is 1. The number of aromatic hydroxyl groups is 1. The van der Waals surface area contributed by atoms with Crippen molar-refractivity contribution < 1.29 is 15.0 Å². The largest absolute Gasteiger partial charge is 0.507 e. The van der Waals surface area contributed by atoms with Crippen LogP contribution in [0.15, 0.2) is 47.6 Å². The Morgan fingerprint density at radius 3 is 2.15 bits per heavy atom. The normalized spacial score (nSPS) is 11.8. The zero-order valence-electron chi connectivity index (χ0n) is 17.2. The fraction of sp³-hybridized carbons (Fsp3) is 0.458. The van der Waals surface area contributed by atoms with Gasteiger partial charge in [0.25, 0.3) is 0 Å². The van der Waals surface area contributed by atoms with E-state index < -0.39 is 5.97 Å². The van der Waals surface area contributed by atoms with Crippen LogP contribution in [0.4, 0.5) is 0 Å². The van der Waals surface area contributed by atoms with Gasteiger partial charge in [0.15, 0.2) is 0 Å².